The van der Waals surface area contributed by atoms with Gasteiger partial charge in [-0.1, -0.05) is 24.3 Å². The number of piperazine rings is 1. The Balaban J connectivity index is 0.00000192. The third-order valence-electron chi connectivity index (χ3n) is 4.39. The highest BCUT2D eigenvalue weighted by atomic mass is 127. The van der Waals surface area contributed by atoms with Crippen LogP contribution in [0, 0.1) is 0 Å². The van der Waals surface area contributed by atoms with Gasteiger partial charge in [-0.25, -0.2) is 4.99 Å². The number of benzene rings is 1. The van der Waals surface area contributed by atoms with Crippen molar-refractivity contribution in [2.75, 3.05) is 33.2 Å². The number of nitrogens with zero attached hydrogens (tertiary/aromatic N) is 3. The lowest BCUT2D eigenvalue weighted by atomic mass is 10.1. The first-order chi connectivity index (χ1) is 10.7. The fourth-order valence-corrected chi connectivity index (χ4v) is 2.67. The second-order valence-corrected chi connectivity index (χ2v) is 6.52. The Hall–Kier alpha value is -0.860. The largest absolute Gasteiger partial charge is 0.370 e. The lowest BCUT2D eigenvalue weighted by Crippen LogP contribution is -2.43. The monoisotopic (exact) mass is 429 g/mol. The molecule has 0 unspecified atom stereocenters. The van der Waals surface area contributed by atoms with Crippen molar-refractivity contribution >= 4 is 29.9 Å². The minimum absolute atomic E-state index is 0. The van der Waals surface area contributed by atoms with Crippen molar-refractivity contribution in [2.45, 2.75) is 32.0 Å². The molecule has 1 aromatic rings. The quantitative estimate of drug-likeness (QED) is 0.425. The Morgan fingerprint density at radius 3 is 2.35 bits per heavy atom. The van der Waals surface area contributed by atoms with Gasteiger partial charge < -0.3 is 16.0 Å². The molecule has 0 atom stereocenters. The first-order valence-corrected chi connectivity index (χ1v) is 8.24. The van der Waals surface area contributed by atoms with Gasteiger partial charge in [0.1, 0.15) is 0 Å². The molecule has 2 fully saturated rings. The molecular formula is C17H28IN5. The van der Waals surface area contributed by atoms with Gasteiger partial charge in [0, 0.05) is 38.8 Å². The predicted octanol–water partition coefficient (Wildman–Crippen LogP) is 1.62. The normalized spacial score (nSPS) is 20.1. The number of nitrogens with one attached hydrogen (secondary N) is 1. The third-order valence-corrected chi connectivity index (χ3v) is 4.39. The van der Waals surface area contributed by atoms with Crippen molar-refractivity contribution in [1.82, 2.24) is 15.1 Å². The summed E-state index contributed by atoms with van der Waals surface area (Å²) in [4.78, 5) is 9.30. The number of rotatable bonds is 5. The van der Waals surface area contributed by atoms with E-state index in [0.717, 1.165) is 19.6 Å². The van der Waals surface area contributed by atoms with Gasteiger partial charge in [-0.2, -0.15) is 0 Å². The van der Waals surface area contributed by atoms with Crippen LogP contribution in [-0.4, -0.2) is 55.0 Å². The van der Waals surface area contributed by atoms with Crippen LogP contribution < -0.4 is 11.1 Å². The van der Waals surface area contributed by atoms with Crippen LogP contribution in [0.1, 0.15) is 24.0 Å². The molecule has 3 N–H and O–H groups in total. The number of halogens is 1. The lowest BCUT2D eigenvalue weighted by molar-refractivity contribution is 0.148. The van der Waals surface area contributed by atoms with Crippen LogP contribution in [0.25, 0.3) is 0 Å². The molecule has 0 amide bonds. The van der Waals surface area contributed by atoms with E-state index in [-0.39, 0.29) is 24.0 Å². The van der Waals surface area contributed by atoms with E-state index in [9.17, 15) is 0 Å². The van der Waals surface area contributed by atoms with Gasteiger partial charge in [0.15, 0.2) is 5.96 Å². The van der Waals surface area contributed by atoms with Gasteiger partial charge in [0.25, 0.3) is 0 Å². The summed E-state index contributed by atoms with van der Waals surface area (Å²) in [5.41, 5.74) is 8.44. The van der Waals surface area contributed by atoms with Gasteiger partial charge in [0.05, 0.1) is 6.54 Å². The van der Waals surface area contributed by atoms with Crippen LogP contribution in [0.2, 0.25) is 0 Å². The molecule has 6 heteroatoms. The Morgan fingerprint density at radius 1 is 1.13 bits per heavy atom. The fraction of sp³-hybridized carbons (Fsp3) is 0.588. The summed E-state index contributed by atoms with van der Waals surface area (Å²) in [6.45, 7) is 6.35. The second-order valence-electron chi connectivity index (χ2n) is 6.52. The Morgan fingerprint density at radius 2 is 1.74 bits per heavy atom. The van der Waals surface area contributed by atoms with E-state index in [2.05, 4.69) is 51.4 Å². The average Bonchev–Trinajstić information content (AvgIpc) is 3.33. The van der Waals surface area contributed by atoms with Crippen molar-refractivity contribution in [2.24, 2.45) is 10.7 Å². The standard InChI is InChI=1S/C17H27N5.HI/c1-21-8-10-22(11-9-21)13-15-4-2-14(3-5-15)12-19-17(18)20-16-6-7-16;/h2-5,16H,6-13H2,1H3,(H3,18,19,20);1H. The van der Waals surface area contributed by atoms with Crippen molar-refractivity contribution in [3.05, 3.63) is 35.4 Å². The first-order valence-electron chi connectivity index (χ1n) is 8.24. The minimum Gasteiger partial charge on any atom is -0.370 e. The van der Waals surface area contributed by atoms with Crippen LogP contribution >= 0.6 is 24.0 Å². The molecule has 1 saturated heterocycles. The molecule has 1 aliphatic carbocycles. The number of nitrogens with two attached hydrogens (primary N) is 1. The summed E-state index contributed by atoms with van der Waals surface area (Å²) in [6, 6.07) is 9.33. The van der Waals surface area contributed by atoms with Crippen LogP contribution in [0.3, 0.4) is 0 Å². The third kappa shape index (κ3) is 6.27. The summed E-state index contributed by atoms with van der Waals surface area (Å²) in [7, 11) is 2.19. The van der Waals surface area contributed by atoms with Crippen molar-refractivity contribution in [1.29, 1.82) is 0 Å². The second kappa shape index (κ2) is 8.84. The molecule has 2 aliphatic rings. The first kappa shape index (κ1) is 18.5. The molecule has 3 rings (SSSR count). The van der Waals surface area contributed by atoms with E-state index in [1.807, 2.05) is 0 Å². The average molecular weight is 429 g/mol. The molecule has 0 aromatic heterocycles. The smallest absolute Gasteiger partial charge is 0.189 e. The maximum Gasteiger partial charge on any atom is 0.189 e. The maximum atomic E-state index is 5.86. The highest BCUT2D eigenvalue weighted by molar-refractivity contribution is 14.0. The van der Waals surface area contributed by atoms with E-state index >= 15 is 0 Å². The highest BCUT2D eigenvalue weighted by Crippen LogP contribution is 2.18. The van der Waals surface area contributed by atoms with Crippen LogP contribution in [0.5, 0.6) is 0 Å². The molecule has 0 spiro atoms. The molecule has 23 heavy (non-hydrogen) atoms. The van der Waals surface area contributed by atoms with E-state index in [1.54, 1.807) is 0 Å². The molecule has 1 aromatic carbocycles. The maximum absolute atomic E-state index is 5.86. The van der Waals surface area contributed by atoms with Crippen LogP contribution in [0.4, 0.5) is 0 Å². The summed E-state index contributed by atoms with van der Waals surface area (Å²) >= 11 is 0. The van der Waals surface area contributed by atoms with Gasteiger partial charge in [-0.3, -0.25) is 4.90 Å². The zero-order valence-electron chi connectivity index (χ0n) is 13.9. The zero-order chi connectivity index (χ0) is 15.4. The molecule has 1 saturated carbocycles. The van der Waals surface area contributed by atoms with Gasteiger partial charge >= 0.3 is 0 Å². The molecule has 1 heterocycles. The number of guanidine groups is 1. The van der Waals surface area contributed by atoms with Crippen LogP contribution in [-0.2, 0) is 13.1 Å². The summed E-state index contributed by atoms with van der Waals surface area (Å²) < 4.78 is 0. The zero-order valence-corrected chi connectivity index (χ0v) is 16.2. The summed E-state index contributed by atoms with van der Waals surface area (Å²) in [5, 5.41) is 3.21. The molecule has 5 nitrogen and oxygen atoms in total. The Kier molecular flexibility index (Phi) is 7.10. The van der Waals surface area contributed by atoms with E-state index in [1.165, 1.54) is 37.1 Å². The van der Waals surface area contributed by atoms with E-state index in [4.69, 9.17) is 5.73 Å². The number of likely N-dealkylation sites (N-methyl/N-ethyl adjacent to an activating group) is 1. The Bertz CT molecular complexity index is 504. The highest BCUT2D eigenvalue weighted by Gasteiger charge is 2.21. The summed E-state index contributed by atoms with van der Waals surface area (Å²) in [5.74, 6) is 0.573. The fourth-order valence-electron chi connectivity index (χ4n) is 2.67. The predicted molar refractivity (Wildman–Crippen MR) is 106 cm³/mol. The molecular weight excluding hydrogens is 401 g/mol. The van der Waals surface area contributed by atoms with E-state index in [0.29, 0.717) is 18.5 Å². The van der Waals surface area contributed by atoms with Crippen LogP contribution in [0.15, 0.2) is 29.3 Å². The molecule has 0 bridgehead atoms. The van der Waals surface area contributed by atoms with Gasteiger partial charge in [0.2, 0.25) is 0 Å². The number of hydrogen-bond acceptors (Lipinski definition) is 3. The molecule has 128 valence electrons. The van der Waals surface area contributed by atoms with Gasteiger partial charge in [-0.05, 0) is 31.0 Å². The molecule has 0 radical (unpaired) electrons. The SMILES string of the molecule is CN1CCN(Cc2ccc(CN=C(N)NC3CC3)cc2)CC1.I. The number of aliphatic imine (C=N–C) groups is 1. The minimum atomic E-state index is 0. The van der Waals surface area contributed by atoms with Crippen molar-refractivity contribution in [3.63, 3.8) is 0 Å². The summed E-state index contributed by atoms with van der Waals surface area (Å²) in [6.07, 6.45) is 2.44. The van der Waals surface area contributed by atoms with E-state index < -0.39 is 0 Å². The topological polar surface area (TPSA) is 56.9 Å². The lowest BCUT2D eigenvalue weighted by Gasteiger charge is -2.32. The molecule has 1 aliphatic heterocycles. The Labute approximate surface area is 156 Å². The van der Waals surface area contributed by atoms with Crippen molar-refractivity contribution < 1.29 is 0 Å². The van der Waals surface area contributed by atoms with Gasteiger partial charge in [-0.15, -0.1) is 24.0 Å². The number of hydrogen-bond donors (Lipinski definition) is 2. The van der Waals surface area contributed by atoms with Crippen molar-refractivity contribution in [3.8, 4) is 0 Å².